The number of ether oxygens (including phenoxy) is 1. The van der Waals surface area contributed by atoms with Crippen molar-refractivity contribution in [3.05, 3.63) is 63.6 Å². The maximum atomic E-state index is 12.5. The van der Waals surface area contributed by atoms with Crippen molar-refractivity contribution in [2.75, 3.05) is 6.54 Å². The van der Waals surface area contributed by atoms with Crippen LogP contribution >= 0.6 is 15.9 Å². The number of amides is 2. The molecule has 1 fully saturated rings. The van der Waals surface area contributed by atoms with E-state index in [0.29, 0.717) is 23.8 Å². The number of rotatable bonds is 7. The molecule has 2 aromatic rings. The Kier molecular flexibility index (Phi) is 5.04. The van der Waals surface area contributed by atoms with Crippen LogP contribution in [0.4, 0.5) is 0 Å². The minimum atomic E-state index is -0.179. The molecule has 1 saturated carbocycles. The third kappa shape index (κ3) is 3.72. The molecule has 0 saturated heterocycles. The molecule has 2 amide bonds. The molecule has 2 aliphatic rings. The fourth-order valence-corrected chi connectivity index (χ4v) is 3.99. The smallest absolute Gasteiger partial charge is 0.261 e. The summed E-state index contributed by atoms with van der Waals surface area (Å²) in [7, 11) is 0. The molecule has 28 heavy (non-hydrogen) atoms. The second-order valence-corrected chi connectivity index (χ2v) is 9.11. The van der Waals surface area contributed by atoms with E-state index in [1.807, 2.05) is 6.07 Å². The minimum absolute atomic E-state index is 0.0823. The van der Waals surface area contributed by atoms with E-state index in [1.165, 1.54) is 10.5 Å². The fraction of sp³-hybridized carbons (Fsp3) is 0.391. The van der Waals surface area contributed by atoms with Gasteiger partial charge in [-0.15, -0.1) is 0 Å². The first kappa shape index (κ1) is 19.2. The van der Waals surface area contributed by atoms with E-state index in [2.05, 4.69) is 41.9 Å². The summed E-state index contributed by atoms with van der Waals surface area (Å²) in [4.78, 5) is 26.4. The maximum absolute atomic E-state index is 12.5. The number of fused-ring (bicyclic) bond motifs is 1. The van der Waals surface area contributed by atoms with Crippen molar-refractivity contribution >= 4 is 27.7 Å². The van der Waals surface area contributed by atoms with Gasteiger partial charge in [0.15, 0.2) is 0 Å². The fourth-order valence-electron chi connectivity index (χ4n) is 3.65. The normalized spacial score (nSPS) is 16.5. The number of carbonyl (C=O) groups is 2. The van der Waals surface area contributed by atoms with Gasteiger partial charge >= 0.3 is 0 Å². The van der Waals surface area contributed by atoms with E-state index in [9.17, 15) is 9.59 Å². The molecule has 0 unspecified atom stereocenters. The second kappa shape index (κ2) is 7.36. The summed E-state index contributed by atoms with van der Waals surface area (Å²) in [6.07, 6.45) is 4.22. The van der Waals surface area contributed by atoms with Gasteiger partial charge in [-0.3, -0.25) is 14.5 Å². The number of benzene rings is 2. The number of carbonyl (C=O) groups excluding carboxylic acids is 2. The van der Waals surface area contributed by atoms with E-state index in [-0.39, 0.29) is 17.2 Å². The van der Waals surface area contributed by atoms with Gasteiger partial charge in [0.2, 0.25) is 0 Å². The van der Waals surface area contributed by atoms with Crippen LogP contribution in [0.5, 0.6) is 5.75 Å². The van der Waals surface area contributed by atoms with Crippen LogP contribution in [0.1, 0.15) is 65.8 Å². The number of hydrogen-bond acceptors (Lipinski definition) is 3. The summed E-state index contributed by atoms with van der Waals surface area (Å²) in [5.74, 6) is 0.540. The molecule has 0 aromatic heterocycles. The summed E-state index contributed by atoms with van der Waals surface area (Å²) in [5, 5.41) is 0. The molecule has 5 heteroatoms. The van der Waals surface area contributed by atoms with Crippen molar-refractivity contribution in [2.45, 2.75) is 51.0 Å². The summed E-state index contributed by atoms with van der Waals surface area (Å²) in [5.41, 5.74) is 2.15. The lowest BCUT2D eigenvalue weighted by molar-refractivity contribution is 0.0649. The third-order valence-corrected chi connectivity index (χ3v) is 6.25. The van der Waals surface area contributed by atoms with E-state index >= 15 is 0 Å². The molecule has 1 heterocycles. The number of nitrogens with zero attached hydrogens (tertiary/aromatic N) is 1. The molecular weight excluding hydrogens is 418 g/mol. The van der Waals surface area contributed by atoms with Crippen molar-refractivity contribution in [3.8, 4) is 5.75 Å². The van der Waals surface area contributed by atoms with Crippen LogP contribution in [0.25, 0.3) is 0 Å². The van der Waals surface area contributed by atoms with Crippen molar-refractivity contribution in [2.24, 2.45) is 0 Å². The Morgan fingerprint density at radius 3 is 2.32 bits per heavy atom. The Labute approximate surface area is 174 Å². The predicted molar refractivity (Wildman–Crippen MR) is 112 cm³/mol. The highest BCUT2D eigenvalue weighted by Crippen LogP contribution is 2.37. The number of halogens is 1. The zero-order chi connectivity index (χ0) is 19.9. The third-order valence-electron chi connectivity index (χ3n) is 5.59. The standard InChI is InChI=1S/C23H24BrNO3/c1-23(2,15-8-11-19(24)20(14-15)28-16-9-10-16)12-5-13-25-21(26)17-6-3-4-7-18(17)22(25)27/h3-4,6-8,11,14,16H,5,9-10,12-13H2,1-2H3. The van der Waals surface area contributed by atoms with Crippen LogP contribution in [-0.4, -0.2) is 29.4 Å². The molecule has 1 aliphatic carbocycles. The van der Waals surface area contributed by atoms with Gasteiger partial charge in [-0.25, -0.2) is 0 Å². The lowest BCUT2D eigenvalue weighted by atomic mass is 9.80. The van der Waals surface area contributed by atoms with E-state index in [4.69, 9.17) is 4.74 Å². The highest BCUT2D eigenvalue weighted by molar-refractivity contribution is 9.10. The largest absolute Gasteiger partial charge is 0.489 e. The summed E-state index contributed by atoms with van der Waals surface area (Å²) in [6.45, 7) is 4.83. The quantitative estimate of drug-likeness (QED) is 0.544. The van der Waals surface area contributed by atoms with E-state index < -0.39 is 0 Å². The Morgan fingerprint density at radius 2 is 1.71 bits per heavy atom. The predicted octanol–water partition coefficient (Wildman–Crippen LogP) is 5.34. The molecule has 0 spiro atoms. The van der Waals surface area contributed by atoms with E-state index in [1.54, 1.807) is 24.3 Å². The molecule has 0 N–H and O–H groups in total. The summed E-state index contributed by atoms with van der Waals surface area (Å²) in [6, 6.07) is 13.3. The highest BCUT2D eigenvalue weighted by Gasteiger charge is 2.35. The molecular formula is C23H24BrNO3. The van der Waals surface area contributed by atoms with Gasteiger partial charge in [-0.2, -0.15) is 0 Å². The molecule has 0 bridgehead atoms. The summed E-state index contributed by atoms with van der Waals surface area (Å²) < 4.78 is 6.97. The average molecular weight is 442 g/mol. The van der Waals surface area contributed by atoms with Crippen LogP contribution in [0.3, 0.4) is 0 Å². The van der Waals surface area contributed by atoms with Gasteiger partial charge in [0.25, 0.3) is 11.8 Å². The Hall–Kier alpha value is -2.14. The van der Waals surface area contributed by atoms with Crippen molar-refractivity contribution in [3.63, 3.8) is 0 Å². The topological polar surface area (TPSA) is 46.6 Å². The SMILES string of the molecule is CC(C)(CCCN1C(=O)c2ccccc2C1=O)c1ccc(Br)c(OC2CC2)c1. The maximum Gasteiger partial charge on any atom is 0.261 e. The van der Waals surface area contributed by atoms with Crippen LogP contribution in [0, 0.1) is 0 Å². The second-order valence-electron chi connectivity index (χ2n) is 8.26. The first-order chi connectivity index (χ1) is 13.4. The zero-order valence-corrected chi connectivity index (χ0v) is 17.8. The molecule has 1 aliphatic heterocycles. The van der Waals surface area contributed by atoms with Gasteiger partial charge < -0.3 is 4.74 Å². The molecule has 0 atom stereocenters. The Bertz CT molecular complexity index is 898. The number of hydrogen-bond donors (Lipinski definition) is 0. The minimum Gasteiger partial charge on any atom is -0.489 e. The number of imide groups is 1. The van der Waals surface area contributed by atoms with Crippen LogP contribution < -0.4 is 4.74 Å². The van der Waals surface area contributed by atoms with E-state index in [0.717, 1.165) is 35.9 Å². The first-order valence-corrected chi connectivity index (χ1v) is 10.6. The van der Waals surface area contributed by atoms with Crippen LogP contribution in [0.15, 0.2) is 46.9 Å². The van der Waals surface area contributed by atoms with Gasteiger partial charge in [0, 0.05) is 6.54 Å². The van der Waals surface area contributed by atoms with Crippen molar-refractivity contribution < 1.29 is 14.3 Å². The molecule has 146 valence electrons. The Balaban J connectivity index is 1.41. The van der Waals surface area contributed by atoms with Gasteiger partial charge in [-0.1, -0.05) is 32.0 Å². The average Bonchev–Trinajstić information content (AvgIpc) is 3.46. The summed E-state index contributed by atoms with van der Waals surface area (Å²) >= 11 is 3.57. The van der Waals surface area contributed by atoms with Crippen molar-refractivity contribution in [1.82, 2.24) is 4.90 Å². The zero-order valence-electron chi connectivity index (χ0n) is 16.2. The molecule has 4 rings (SSSR count). The highest BCUT2D eigenvalue weighted by atomic mass is 79.9. The van der Waals surface area contributed by atoms with Crippen LogP contribution in [-0.2, 0) is 5.41 Å². The monoisotopic (exact) mass is 441 g/mol. The van der Waals surface area contributed by atoms with Crippen LogP contribution in [0.2, 0.25) is 0 Å². The molecule has 2 aromatic carbocycles. The van der Waals surface area contributed by atoms with Crippen molar-refractivity contribution in [1.29, 1.82) is 0 Å². The Morgan fingerprint density at radius 1 is 1.07 bits per heavy atom. The molecule has 0 radical (unpaired) electrons. The lowest BCUT2D eigenvalue weighted by Crippen LogP contribution is -2.31. The molecule has 4 nitrogen and oxygen atoms in total. The van der Waals surface area contributed by atoms with Gasteiger partial charge in [-0.05, 0) is 76.9 Å². The lowest BCUT2D eigenvalue weighted by Gasteiger charge is -2.27. The van der Waals surface area contributed by atoms with Gasteiger partial charge in [0.1, 0.15) is 5.75 Å². The first-order valence-electron chi connectivity index (χ1n) is 9.79. The van der Waals surface area contributed by atoms with Gasteiger partial charge in [0.05, 0.1) is 21.7 Å².